The monoisotopic (exact) mass is 473 g/mol. The zero-order chi connectivity index (χ0) is 24.5. The third-order valence-electron chi connectivity index (χ3n) is 7.65. The Morgan fingerprint density at radius 2 is 1.31 bits per heavy atom. The lowest BCUT2D eigenvalue weighted by atomic mass is 9.92. The Labute approximate surface area is 205 Å². The first-order valence-electron chi connectivity index (χ1n) is 12.5. The Morgan fingerprint density at radius 1 is 0.771 bits per heavy atom. The van der Waals surface area contributed by atoms with Gasteiger partial charge in [0.1, 0.15) is 0 Å². The number of hydrogen-bond donors (Lipinski definition) is 0. The number of fused-ring (bicyclic) bond motifs is 1. The Balaban J connectivity index is 1.16. The first kappa shape index (κ1) is 23.3. The Morgan fingerprint density at radius 3 is 1.89 bits per heavy atom. The molecule has 0 aliphatic carbocycles. The molecule has 2 aromatic rings. The molecular weight excluding hydrogens is 442 g/mol. The Kier molecular flexibility index (Phi) is 6.41. The average molecular weight is 474 g/mol. The van der Waals surface area contributed by atoms with Gasteiger partial charge in [0, 0.05) is 37.7 Å². The molecule has 3 heterocycles. The van der Waals surface area contributed by atoms with Gasteiger partial charge in [-0.1, -0.05) is 31.2 Å². The van der Waals surface area contributed by atoms with Crippen LogP contribution in [0.2, 0.25) is 0 Å². The molecule has 2 fully saturated rings. The van der Waals surface area contributed by atoms with Crippen LogP contribution in [0, 0.1) is 11.8 Å². The van der Waals surface area contributed by atoms with Gasteiger partial charge in [0.2, 0.25) is 5.91 Å². The summed E-state index contributed by atoms with van der Waals surface area (Å²) in [6, 6.07) is 13.9. The van der Waals surface area contributed by atoms with E-state index in [4.69, 9.17) is 0 Å². The topological polar surface area (TPSA) is 78.0 Å². The van der Waals surface area contributed by atoms with E-state index in [1.54, 1.807) is 48.5 Å². The van der Waals surface area contributed by atoms with E-state index in [1.165, 1.54) is 4.90 Å². The summed E-state index contributed by atoms with van der Waals surface area (Å²) < 4.78 is 0. The van der Waals surface area contributed by atoms with Crippen molar-refractivity contribution >= 4 is 23.6 Å². The van der Waals surface area contributed by atoms with Crippen LogP contribution >= 0.6 is 0 Å². The lowest BCUT2D eigenvalue weighted by Crippen LogP contribution is -2.46. The maximum atomic E-state index is 13.0. The fourth-order valence-electron chi connectivity index (χ4n) is 5.32. The van der Waals surface area contributed by atoms with Crippen LogP contribution < -0.4 is 0 Å². The Bertz CT molecular complexity index is 1110. The van der Waals surface area contributed by atoms with E-state index in [-0.39, 0.29) is 36.1 Å². The van der Waals surface area contributed by atoms with Gasteiger partial charge in [-0.25, -0.2) is 0 Å². The van der Waals surface area contributed by atoms with E-state index in [1.807, 2.05) is 9.80 Å². The molecule has 35 heavy (non-hydrogen) atoms. The predicted molar refractivity (Wildman–Crippen MR) is 131 cm³/mol. The average Bonchev–Trinajstić information content (AvgIpc) is 3.14. The van der Waals surface area contributed by atoms with Crippen LogP contribution in [0.4, 0.5) is 0 Å². The predicted octanol–water partition coefficient (Wildman–Crippen LogP) is 3.59. The summed E-state index contributed by atoms with van der Waals surface area (Å²) in [6.07, 6.45) is 3.56. The largest absolute Gasteiger partial charge is 0.342 e. The number of hydrogen-bond acceptors (Lipinski definition) is 4. The smallest absolute Gasteiger partial charge is 0.261 e. The number of imide groups is 1. The molecule has 182 valence electrons. The highest BCUT2D eigenvalue weighted by Crippen LogP contribution is 2.26. The summed E-state index contributed by atoms with van der Waals surface area (Å²) in [4.78, 5) is 56.2. The van der Waals surface area contributed by atoms with Gasteiger partial charge in [-0.2, -0.15) is 0 Å². The van der Waals surface area contributed by atoms with E-state index < -0.39 is 0 Å². The molecule has 3 aliphatic rings. The van der Waals surface area contributed by atoms with Crippen molar-refractivity contribution in [1.82, 2.24) is 14.7 Å². The van der Waals surface area contributed by atoms with Crippen LogP contribution in [-0.2, 0) is 11.3 Å². The molecule has 4 amide bonds. The fraction of sp³-hybridized carbons (Fsp3) is 0.429. The first-order chi connectivity index (χ1) is 16.9. The standard InChI is InChI=1S/C28H31N3O4/c1-19-10-14-29(15-11-19)26(33)22-12-16-30(17-13-22)25(32)21-8-6-20(7-9-21)18-31-27(34)23-4-2-3-5-24(23)28(31)35/h2-9,19,22H,10-18H2,1H3. The van der Waals surface area contributed by atoms with Crippen LogP contribution in [-0.4, -0.2) is 64.5 Å². The molecule has 0 atom stereocenters. The number of carbonyl (C=O) groups is 4. The van der Waals surface area contributed by atoms with Gasteiger partial charge in [0.25, 0.3) is 17.7 Å². The van der Waals surface area contributed by atoms with Crippen molar-refractivity contribution in [1.29, 1.82) is 0 Å². The van der Waals surface area contributed by atoms with Crippen LogP contribution in [0.25, 0.3) is 0 Å². The van der Waals surface area contributed by atoms with Crippen molar-refractivity contribution in [2.75, 3.05) is 26.2 Å². The molecule has 7 heteroatoms. The van der Waals surface area contributed by atoms with Gasteiger partial charge in [-0.3, -0.25) is 24.1 Å². The minimum atomic E-state index is -0.290. The summed E-state index contributed by atoms with van der Waals surface area (Å²) in [7, 11) is 0. The second-order valence-corrected chi connectivity index (χ2v) is 10.0. The number of piperidine rings is 2. The van der Waals surface area contributed by atoms with Crippen molar-refractivity contribution in [3.8, 4) is 0 Å². The molecule has 0 saturated carbocycles. The van der Waals surface area contributed by atoms with Crippen LogP contribution in [0.5, 0.6) is 0 Å². The molecule has 0 spiro atoms. The van der Waals surface area contributed by atoms with E-state index in [0.29, 0.717) is 48.5 Å². The van der Waals surface area contributed by atoms with Crippen LogP contribution in [0.15, 0.2) is 48.5 Å². The van der Waals surface area contributed by atoms with Crippen molar-refractivity contribution in [2.45, 2.75) is 39.2 Å². The molecular formula is C28H31N3O4. The van der Waals surface area contributed by atoms with Gasteiger partial charge in [0.05, 0.1) is 17.7 Å². The quantitative estimate of drug-likeness (QED) is 0.636. The fourth-order valence-corrected chi connectivity index (χ4v) is 5.32. The highest BCUT2D eigenvalue weighted by atomic mass is 16.2. The zero-order valence-electron chi connectivity index (χ0n) is 20.1. The van der Waals surface area contributed by atoms with Crippen molar-refractivity contribution < 1.29 is 19.2 Å². The highest BCUT2D eigenvalue weighted by Gasteiger charge is 2.35. The summed E-state index contributed by atoms with van der Waals surface area (Å²) >= 11 is 0. The SMILES string of the molecule is CC1CCN(C(=O)C2CCN(C(=O)c3ccc(CN4C(=O)c5ccccc5C4=O)cc3)CC2)CC1. The Hall–Kier alpha value is -3.48. The summed E-state index contributed by atoms with van der Waals surface area (Å²) in [5.74, 6) is 0.327. The van der Waals surface area contributed by atoms with E-state index in [2.05, 4.69) is 6.92 Å². The van der Waals surface area contributed by atoms with Crippen LogP contribution in [0.1, 0.15) is 69.2 Å². The molecule has 0 aromatic heterocycles. The first-order valence-corrected chi connectivity index (χ1v) is 12.5. The molecule has 0 bridgehead atoms. The highest BCUT2D eigenvalue weighted by molar-refractivity contribution is 6.21. The van der Waals surface area contributed by atoms with Crippen molar-refractivity contribution in [2.24, 2.45) is 11.8 Å². The zero-order valence-corrected chi connectivity index (χ0v) is 20.1. The summed E-state index contributed by atoms with van der Waals surface area (Å²) in [5.41, 5.74) is 2.23. The molecule has 2 saturated heterocycles. The lowest BCUT2D eigenvalue weighted by molar-refractivity contribution is -0.138. The molecule has 0 N–H and O–H groups in total. The number of amides is 4. The number of rotatable bonds is 4. The molecule has 2 aromatic carbocycles. The number of benzene rings is 2. The third-order valence-corrected chi connectivity index (χ3v) is 7.65. The van der Waals surface area contributed by atoms with E-state index in [9.17, 15) is 19.2 Å². The molecule has 0 unspecified atom stereocenters. The van der Waals surface area contributed by atoms with E-state index >= 15 is 0 Å². The molecule has 3 aliphatic heterocycles. The maximum Gasteiger partial charge on any atom is 0.261 e. The normalized spacial score (nSPS) is 19.3. The van der Waals surface area contributed by atoms with Crippen LogP contribution in [0.3, 0.4) is 0 Å². The number of carbonyl (C=O) groups excluding carboxylic acids is 4. The van der Waals surface area contributed by atoms with Crippen molar-refractivity contribution in [3.05, 3.63) is 70.8 Å². The molecule has 7 nitrogen and oxygen atoms in total. The van der Waals surface area contributed by atoms with Crippen molar-refractivity contribution in [3.63, 3.8) is 0 Å². The third kappa shape index (κ3) is 4.59. The second-order valence-electron chi connectivity index (χ2n) is 10.0. The van der Waals surface area contributed by atoms with Gasteiger partial charge < -0.3 is 9.80 Å². The van der Waals surface area contributed by atoms with Gasteiger partial charge in [-0.05, 0) is 61.4 Å². The lowest BCUT2D eigenvalue weighted by Gasteiger charge is -2.36. The summed E-state index contributed by atoms with van der Waals surface area (Å²) in [5, 5.41) is 0. The second kappa shape index (κ2) is 9.64. The summed E-state index contributed by atoms with van der Waals surface area (Å²) in [6.45, 7) is 5.28. The maximum absolute atomic E-state index is 13.0. The minimum absolute atomic E-state index is 0.00879. The minimum Gasteiger partial charge on any atom is -0.342 e. The molecule has 0 radical (unpaired) electrons. The molecule has 5 rings (SSSR count). The van der Waals surface area contributed by atoms with Gasteiger partial charge in [-0.15, -0.1) is 0 Å². The van der Waals surface area contributed by atoms with Gasteiger partial charge >= 0.3 is 0 Å². The number of nitrogens with zero attached hydrogens (tertiary/aromatic N) is 3. The number of likely N-dealkylation sites (tertiary alicyclic amines) is 2. The van der Waals surface area contributed by atoms with Gasteiger partial charge in [0.15, 0.2) is 0 Å². The van der Waals surface area contributed by atoms with E-state index in [0.717, 1.165) is 31.5 Å².